The summed E-state index contributed by atoms with van der Waals surface area (Å²) >= 11 is 0. The molecule has 3 aromatic rings. The van der Waals surface area contributed by atoms with Crippen molar-refractivity contribution in [1.29, 1.82) is 0 Å². The number of anilines is 1. The fraction of sp³-hybridized carbons (Fsp3) is 0.133. The highest BCUT2D eigenvalue weighted by Crippen LogP contribution is 2.13. The maximum absolute atomic E-state index is 12.1. The molecule has 1 atom stereocenters. The molecule has 0 bridgehead atoms. The number of primary amides is 1. The third kappa shape index (κ3) is 3.58. The number of nitrogens with zero attached hydrogens (tertiary/aromatic N) is 5. The number of aromatic nitrogens is 5. The van der Waals surface area contributed by atoms with E-state index in [1.807, 2.05) is 0 Å². The summed E-state index contributed by atoms with van der Waals surface area (Å²) < 4.78 is 2.89. The van der Waals surface area contributed by atoms with Gasteiger partial charge in [-0.05, 0) is 30.3 Å². The zero-order valence-electron chi connectivity index (χ0n) is 13.6. The van der Waals surface area contributed by atoms with Gasteiger partial charge in [-0.3, -0.25) is 9.88 Å². The van der Waals surface area contributed by atoms with E-state index in [0.29, 0.717) is 11.4 Å². The second-order valence-electron chi connectivity index (χ2n) is 5.40. The van der Waals surface area contributed by atoms with Gasteiger partial charge in [0.15, 0.2) is 0 Å². The maximum Gasteiger partial charge on any atom is 0.354 e. The van der Waals surface area contributed by atoms with Crippen LogP contribution in [-0.4, -0.2) is 37.1 Å². The summed E-state index contributed by atoms with van der Waals surface area (Å²) in [6, 6.07) is 7.29. The zero-order valence-corrected chi connectivity index (χ0v) is 13.6. The molecule has 0 spiro atoms. The summed E-state index contributed by atoms with van der Waals surface area (Å²) in [7, 11) is 0. The number of nitrogens with one attached hydrogen (secondary N) is 1. The molecule has 0 saturated heterocycles. The lowest BCUT2D eigenvalue weighted by molar-refractivity contribution is 0.259. The van der Waals surface area contributed by atoms with E-state index in [1.54, 1.807) is 35.1 Å². The second kappa shape index (κ2) is 7.13. The van der Waals surface area contributed by atoms with Crippen molar-refractivity contribution < 1.29 is 4.79 Å². The van der Waals surface area contributed by atoms with Gasteiger partial charge < -0.3 is 17.2 Å². The van der Waals surface area contributed by atoms with Crippen molar-refractivity contribution in [2.24, 2.45) is 17.2 Å². The van der Waals surface area contributed by atoms with Gasteiger partial charge in [0.05, 0.1) is 23.6 Å². The van der Waals surface area contributed by atoms with Gasteiger partial charge in [-0.1, -0.05) is 5.21 Å². The number of benzene rings is 1. The van der Waals surface area contributed by atoms with Crippen molar-refractivity contribution in [3.63, 3.8) is 0 Å². The number of amides is 2. The molecule has 0 radical (unpaired) electrons. The van der Waals surface area contributed by atoms with Gasteiger partial charge in [0.2, 0.25) is 0 Å². The van der Waals surface area contributed by atoms with E-state index in [1.165, 1.54) is 16.8 Å². The molecule has 0 unspecified atom stereocenters. The third-order valence-electron chi connectivity index (χ3n) is 3.59. The Bertz CT molecular complexity index is 977. The van der Waals surface area contributed by atoms with E-state index in [4.69, 9.17) is 17.2 Å². The molecule has 0 saturated carbocycles. The smallest absolute Gasteiger partial charge is 0.351 e. The highest BCUT2D eigenvalue weighted by atomic mass is 16.2. The first-order chi connectivity index (χ1) is 12.5. The lowest BCUT2D eigenvalue weighted by Gasteiger charge is -2.07. The first-order valence-electron chi connectivity index (χ1n) is 7.63. The van der Waals surface area contributed by atoms with Crippen LogP contribution < -0.4 is 28.2 Å². The van der Waals surface area contributed by atoms with Gasteiger partial charge in [-0.2, -0.15) is 4.98 Å². The van der Waals surface area contributed by atoms with Crippen LogP contribution in [-0.2, 0) is 0 Å². The summed E-state index contributed by atoms with van der Waals surface area (Å²) in [4.78, 5) is 26.6. The number of nitrogens with two attached hydrogens (primary N) is 3. The van der Waals surface area contributed by atoms with E-state index < -0.39 is 11.7 Å². The summed E-state index contributed by atoms with van der Waals surface area (Å²) in [5.74, 6) is 0.0850. The molecular formula is C15H17N9O2. The SMILES string of the molecule is NC[C@@H](N)c1cn(-c2ccc(-n3ccc(NC(N)=O)nc3=O)cc2)nn1. The van der Waals surface area contributed by atoms with E-state index in [9.17, 15) is 9.59 Å². The topological polar surface area (TPSA) is 173 Å². The van der Waals surface area contributed by atoms with Gasteiger partial charge in [0.1, 0.15) is 11.5 Å². The molecule has 134 valence electrons. The summed E-state index contributed by atoms with van der Waals surface area (Å²) in [6.07, 6.45) is 3.19. The molecule has 0 aliphatic heterocycles. The van der Waals surface area contributed by atoms with Crippen molar-refractivity contribution in [2.45, 2.75) is 6.04 Å². The maximum atomic E-state index is 12.1. The Hall–Kier alpha value is -3.57. The monoisotopic (exact) mass is 355 g/mol. The number of rotatable bonds is 5. The van der Waals surface area contributed by atoms with Crippen LogP contribution in [0.25, 0.3) is 11.4 Å². The fourth-order valence-electron chi connectivity index (χ4n) is 2.25. The molecule has 11 nitrogen and oxygen atoms in total. The van der Waals surface area contributed by atoms with E-state index in [2.05, 4.69) is 20.6 Å². The number of urea groups is 1. The van der Waals surface area contributed by atoms with Crippen molar-refractivity contribution in [1.82, 2.24) is 24.5 Å². The van der Waals surface area contributed by atoms with Crippen molar-refractivity contribution in [3.8, 4) is 11.4 Å². The van der Waals surface area contributed by atoms with Crippen LogP contribution in [0, 0.1) is 0 Å². The van der Waals surface area contributed by atoms with Gasteiger partial charge in [-0.25, -0.2) is 14.3 Å². The minimum Gasteiger partial charge on any atom is -0.351 e. The van der Waals surface area contributed by atoms with E-state index in [-0.39, 0.29) is 18.4 Å². The van der Waals surface area contributed by atoms with Gasteiger partial charge in [0, 0.05) is 12.7 Å². The van der Waals surface area contributed by atoms with Crippen LogP contribution in [0.3, 0.4) is 0 Å². The van der Waals surface area contributed by atoms with E-state index in [0.717, 1.165) is 5.69 Å². The Morgan fingerprint density at radius 3 is 2.50 bits per heavy atom. The third-order valence-corrected chi connectivity index (χ3v) is 3.59. The van der Waals surface area contributed by atoms with Crippen LogP contribution in [0.1, 0.15) is 11.7 Å². The second-order valence-corrected chi connectivity index (χ2v) is 5.40. The number of carbonyl (C=O) groups excluding carboxylic acids is 1. The average molecular weight is 355 g/mol. The quantitative estimate of drug-likeness (QED) is 0.466. The Morgan fingerprint density at radius 2 is 1.88 bits per heavy atom. The first-order valence-corrected chi connectivity index (χ1v) is 7.63. The molecule has 3 rings (SSSR count). The van der Waals surface area contributed by atoms with Crippen LogP contribution in [0.2, 0.25) is 0 Å². The van der Waals surface area contributed by atoms with Gasteiger partial charge in [0.25, 0.3) is 0 Å². The standard InChI is InChI=1S/C15H17N9O2/c16-7-11(17)12-8-24(22-21-12)10-3-1-9(2-4-10)23-6-5-13(19-14(18)25)20-15(23)26/h1-6,8,11H,7,16-17H2,(H3,18,19,20,25,26)/t11-/m1/s1. The molecule has 2 amide bonds. The molecule has 0 fully saturated rings. The Labute approximate surface area is 147 Å². The summed E-state index contributed by atoms with van der Waals surface area (Å²) in [5.41, 5.74) is 17.7. The molecule has 2 heterocycles. The van der Waals surface area contributed by atoms with Crippen molar-refractivity contribution in [3.05, 3.63) is 58.9 Å². The predicted molar refractivity (Wildman–Crippen MR) is 93.9 cm³/mol. The van der Waals surface area contributed by atoms with E-state index >= 15 is 0 Å². The van der Waals surface area contributed by atoms with Gasteiger partial charge >= 0.3 is 11.7 Å². The Morgan fingerprint density at radius 1 is 1.19 bits per heavy atom. The minimum absolute atomic E-state index is 0.0850. The fourth-order valence-corrected chi connectivity index (χ4v) is 2.25. The molecule has 11 heteroatoms. The molecule has 0 aliphatic carbocycles. The molecule has 26 heavy (non-hydrogen) atoms. The van der Waals surface area contributed by atoms with Crippen LogP contribution in [0.5, 0.6) is 0 Å². The predicted octanol–water partition coefficient (Wildman–Crippen LogP) is -0.738. The molecule has 0 aliphatic rings. The zero-order chi connectivity index (χ0) is 18.7. The average Bonchev–Trinajstić information content (AvgIpc) is 3.11. The number of hydrogen-bond acceptors (Lipinski definition) is 7. The number of carbonyl (C=O) groups is 1. The van der Waals surface area contributed by atoms with Crippen LogP contribution in [0.15, 0.2) is 47.5 Å². The Kier molecular flexibility index (Phi) is 4.73. The normalized spacial score (nSPS) is 11.9. The highest BCUT2D eigenvalue weighted by Gasteiger charge is 2.10. The van der Waals surface area contributed by atoms with Crippen LogP contribution in [0.4, 0.5) is 10.6 Å². The summed E-state index contributed by atoms with van der Waals surface area (Å²) in [5, 5.41) is 10.2. The lowest BCUT2D eigenvalue weighted by Crippen LogP contribution is -2.25. The van der Waals surface area contributed by atoms with Gasteiger partial charge in [-0.15, -0.1) is 5.10 Å². The summed E-state index contributed by atoms with van der Waals surface area (Å²) in [6.45, 7) is 0.272. The molecule has 1 aromatic carbocycles. The lowest BCUT2D eigenvalue weighted by atomic mass is 10.2. The molecule has 7 N–H and O–H groups in total. The minimum atomic E-state index is -0.791. The number of hydrogen-bond donors (Lipinski definition) is 4. The van der Waals surface area contributed by atoms with Crippen molar-refractivity contribution >= 4 is 11.8 Å². The van der Waals surface area contributed by atoms with Crippen molar-refractivity contribution in [2.75, 3.05) is 11.9 Å². The van der Waals surface area contributed by atoms with Crippen LogP contribution >= 0.6 is 0 Å². The Balaban J connectivity index is 1.85. The molecule has 2 aromatic heterocycles. The largest absolute Gasteiger partial charge is 0.354 e. The molecular weight excluding hydrogens is 338 g/mol. The highest BCUT2D eigenvalue weighted by molar-refractivity contribution is 5.86. The first kappa shape index (κ1) is 17.3.